The first-order chi connectivity index (χ1) is 6.93. The van der Waals surface area contributed by atoms with Crippen LogP contribution < -0.4 is 10.2 Å². The van der Waals surface area contributed by atoms with Gasteiger partial charge in [-0.15, -0.1) is 0 Å². The Labute approximate surface area is 84.1 Å². The summed E-state index contributed by atoms with van der Waals surface area (Å²) in [6.07, 6.45) is 3.75. The Morgan fingerprint density at radius 3 is 2.43 bits per heavy atom. The molecule has 2 atom stereocenters. The fourth-order valence-corrected chi connectivity index (χ4v) is 2.62. The Morgan fingerprint density at radius 1 is 1.14 bits per heavy atom. The van der Waals surface area contributed by atoms with E-state index in [0.29, 0.717) is 0 Å². The van der Waals surface area contributed by atoms with E-state index < -0.39 is 0 Å². The highest BCUT2D eigenvalue weighted by molar-refractivity contribution is 5.46. The molecule has 2 saturated heterocycles. The molecular formula is C11H15N3. The number of nitrogens with one attached hydrogen (secondary N) is 1. The molecule has 3 heteroatoms. The molecule has 1 unspecified atom stereocenters. The van der Waals surface area contributed by atoms with Crippen LogP contribution in [-0.2, 0) is 0 Å². The van der Waals surface area contributed by atoms with Gasteiger partial charge in [-0.2, -0.15) is 0 Å². The first-order valence-corrected chi connectivity index (χ1v) is 5.29. The van der Waals surface area contributed by atoms with Gasteiger partial charge < -0.3 is 10.2 Å². The number of hydrogen-bond donors (Lipinski definition) is 1. The lowest BCUT2D eigenvalue weighted by Gasteiger charge is -2.19. The lowest BCUT2D eigenvalue weighted by molar-refractivity contribution is 0.533. The minimum Gasteiger partial charge on any atom is -0.371 e. The number of rotatable bonds is 1. The predicted molar refractivity (Wildman–Crippen MR) is 56.3 cm³/mol. The van der Waals surface area contributed by atoms with Gasteiger partial charge in [-0.1, -0.05) is 0 Å². The van der Waals surface area contributed by atoms with E-state index in [9.17, 15) is 0 Å². The molecule has 3 rings (SSSR count). The van der Waals surface area contributed by atoms with E-state index in [2.05, 4.69) is 27.3 Å². The Kier molecular flexibility index (Phi) is 1.91. The van der Waals surface area contributed by atoms with Crippen LogP contribution in [-0.4, -0.2) is 31.2 Å². The largest absolute Gasteiger partial charge is 0.371 e. The van der Waals surface area contributed by atoms with E-state index in [1.807, 2.05) is 12.4 Å². The molecule has 74 valence electrons. The molecule has 1 N–H and O–H groups in total. The first-order valence-electron chi connectivity index (χ1n) is 5.29. The van der Waals surface area contributed by atoms with Crippen molar-refractivity contribution in [1.82, 2.24) is 10.3 Å². The van der Waals surface area contributed by atoms with Crippen molar-refractivity contribution in [3.8, 4) is 0 Å². The zero-order valence-corrected chi connectivity index (χ0v) is 8.19. The summed E-state index contributed by atoms with van der Waals surface area (Å²) in [5.41, 5.74) is 1.33. The highest BCUT2D eigenvalue weighted by atomic mass is 15.2. The van der Waals surface area contributed by atoms with Crippen LogP contribution in [0.5, 0.6) is 0 Å². The van der Waals surface area contributed by atoms with Gasteiger partial charge in [0.15, 0.2) is 0 Å². The van der Waals surface area contributed by atoms with Gasteiger partial charge in [0.05, 0.1) is 0 Å². The molecule has 1 aromatic heterocycles. The molecule has 0 saturated carbocycles. The number of anilines is 1. The molecule has 14 heavy (non-hydrogen) atoms. The SMILES string of the molecule is c1cc(N2CC3CNC[C@H]3C2)ccn1. The quantitative estimate of drug-likeness (QED) is 0.706. The molecule has 2 aliphatic rings. The van der Waals surface area contributed by atoms with Crippen molar-refractivity contribution in [2.75, 3.05) is 31.1 Å². The normalized spacial score (nSPS) is 30.7. The standard InChI is InChI=1S/C11H15N3/c1-3-12-4-2-11(1)14-7-9-5-13-6-10(9)8-14/h1-4,9-10,13H,5-8H2/t9-,10?/m0/s1. The van der Waals surface area contributed by atoms with Crippen molar-refractivity contribution in [1.29, 1.82) is 0 Å². The van der Waals surface area contributed by atoms with Crippen LogP contribution in [0.15, 0.2) is 24.5 Å². The zero-order chi connectivity index (χ0) is 9.38. The maximum absolute atomic E-state index is 4.05. The fraction of sp³-hybridized carbons (Fsp3) is 0.545. The zero-order valence-electron chi connectivity index (χ0n) is 8.19. The smallest absolute Gasteiger partial charge is 0.0397 e. The molecule has 0 amide bonds. The lowest BCUT2D eigenvalue weighted by atomic mass is 10.0. The average Bonchev–Trinajstić information content (AvgIpc) is 2.78. The second kappa shape index (κ2) is 3.24. The van der Waals surface area contributed by atoms with Crippen molar-refractivity contribution in [3.63, 3.8) is 0 Å². The summed E-state index contributed by atoms with van der Waals surface area (Å²) in [4.78, 5) is 6.53. The highest BCUT2D eigenvalue weighted by Crippen LogP contribution is 2.29. The number of aromatic nitrogens is 1. The van der Waals surface area contributed by atoms with Crippen molar-refractivity contribution in [2.24, 2.45) is 11.8 Å². The Morgan fingerprint density at radius 2 is 1.79 bits per heavy atom. The molecule has 0 radical (unpaired) electrons. The maximum atomic E-state index is 4.05. The molecule has 2 aliphatic heterocycles. The monoisotopic (exact) mass is 189 g/mol. The molecule has 0 bridgehead atoms. The minimum absolute atomic E-state index is 0.864. The van der Waals surface area contributed by atoms with Crippen molar-refractivity contribution in [3.05, 3.63) is 24.5 Å². The predicted octanol–water partition coefficient (Wildman–Crippen LogP) is 0.737. The summed E-state index contributed by atoms with van der Waals surface area (Å²) < 4.78 is 0. The van der Waals surface area contributed by atoms with E-state index in [0.717, 1.165) is 11.8 Å². The third-order valence-electron chi connectivity index (χ3n) is 3.42. The summed E-state index contributed by atoms with van der Waals surface area (Å²) >= 11 is 0. The Balaban J connectivity index is 1.77. The summed E-state index contributed by atoms with van der Waals surface area (Å²) in [5.74, 6) is 1.73. The molecule has 1 aromatic rings. The van der Waals surface area contributed by atoms with E-state index in [-0.39, 0.29) is 0 Å². The van der Waals surface area contributed by atoms with Crippen LogP contribution in [0.4, 0.5) is 5.69 Å². The number of hydrogen-bond acceptors (Lipinski definition) is 3. The van der Waals surface area contributed by atoms with Crippen molar-refractivity contribution < 1.29 is 0 Å². The third kappa shape index (κ3) is 1.28. The van der Waals surface area contributed by atoms with Gasteiger partial charge in [-0.25, -0.2) is 0 Å². The van der Waals surface area contributed by atoms with Crippen LogP contribution in [0.3, 0.4) is 0 Å². The van der Waals surface area contributed by atoms with E-state index in [1.165, 1.54) is 31.9 Å². The highest BCUT2D eigenvalue weighted by Gasteiger charge is 2.35. The molecular weight excluding hydrogens is 174 g/mol. The third-order valence-corrected chi connectivity index (χ3v) is 3.42. The topological polar surface area (TPSA) is 28.2 Å². The summed E-state index contributed by atoms with van der Waals surface area (Å²) in [5, 5.41) is 3.46. The van der Waals surface area contributed by atoms with Gasteiger partial charge in [0.25, 0.3) is 0 Å². The summed E-state index contributed by atoms with van der Waals surface area (Å²) in [6.45, 7) is 4.82. The van der Waals surface area contributed by atoms with Gasteiger partial charge in [0.2, 0.25) is 0 Å². The fourth-order valence-electron chi connectivity index (χ4n) is 2.62. The van der Waals surface area contributed by atoms with Gasteiger partial charge in [0.1, 0.15) is 0 Å². The maximum Gasteiger partial charge on any atom is 0.0397 e. The molecule has 2 fully saturated rings. The van der Waals surface area contributed by atoms with Gasteiger partial charge in [0, 0.05) is 44.3 Å². The Bertz CT molecular complexity index is 300. The molecule has 3 nitrogen and oxygen atoms in total. The first kappa shape index (κ1) is 8.24. The average molecular weight is 189 g/mol. The molecule has 3 heterocycles. The van der Waals surface area contributed by atoms with Crippen LogP contribution in [0.1, 0.15) is 0 Å². The van der Waals surface area contributed by atoms with Crippen LogP contribution >= 0.6 is 0 Å². The van der Waals surface area contributed by atoms with Crippen LogP contribution in [0.2, 0.25) is 0 Å². The summed E-state index contributed by atoms with van der Waals surface area (Å²) in [6, 6.07) is 4.21. The summed E-state index contributed by atoms with van der Waals surface area (Å²) in [7, 11) is 0. The van der Waals surface area contributed by atoms with Crippen molar-refractivity contribution >= 4 is 5.69 Å². The van der Waals surface area contributed by atoms with E-state index >= 15 is 0 Å². The van der Waals surface area contributed by atoms with E-state index in [1.54, 1.807) is 0 Å². The second-order valence-electron chi connectivity index (χ2n) is 4.29. The van der Waals surface area contributed by atoms with Crippen molar-refractivity contribution in [2.45, 2.75) is 0 Å². The van der Waals surface area contributed by atoms with Crippen LogP contribution in [0.25, 0.3) is 0 Å². The van der Waals surface area contributed by atoms with E-state index in [4.69, 9.17) is 0 Å². The molecule has 0 aliphatic carbocycles. The van der Waals surface area contributed by atoms with Gasteiger partial charge in [-0.3, -0.25) is 4.98 Å². The molecule has 0 aromatic carbocycles. The number of pyridine rings is 1. The second-order valence-corrected chi connectivity index (χ2v) is 4.29. The minimum atomic E-state index is 0.864. The molecule has 0 spiro atoms. The van der Waals surface area contributed by atoms with Gasteiger partial charge in [-0.05, 0) is 24.0 Å². The number of nitrogens with zero attached hydrogens (tertiary/aromatic N) is 2. The van der Waals surface area contributed by atoms with Crippen LogP contribution in [0, 0.1) is 11.8 Å². The number of fused-ring (bicyclic) bond motifs is 1. The lowest BCUT2D eigenvalue weighted by Crippen LogP contribution is -2.25. The Hall–Kier alpha value is -1.09. The van der Waals surface area contributed by atoms with Gasteiger partial charge >= 0.3 is 0 Å².